The second-order valence-corrected chi connectivity index (χ2v) is 8.14. The summed E-state index contributed by atoms with van der Waals surface area (Å²) in [7, 11) is 0. The molecule has 0 saturated carbocycles. The molecule has 0 fully saturated rings. The minimum absolute atomic E-state index is 0.0291. The molecule has 0 radical (unpaired) electrons. The number of nitrogens with one attached hydrogen (secondary N) is 2. The van der Waals surface area contributed by atoms with Crippen molar-refractivity contribution in [1.82, 2.24) is 10.6 Å². The highest BCUT2D eigenvalue weighted by Gasteiger charge is 2.23. The van der Waals surface area contributed by atoms with Crippen molar-refractivity contribution in [3.8, 4) is 11.5 Å². The highest BCUT2D eigenvalue weighted by atomic mass is 19.1. The average molecular weight is 471 g/mol. The number of carbonyl (C=O) groups is 1. The summed E-state index contributed by atoms with van der Waals surface area (Å²) in [5.41, 5.74) is 2.56. The second kappa shape index (κ2) is 11.6. The summed E-state index contributed by atoms with van der Waals surface area (Å²) in [6, 6.07) is 13.7. The van der Waals surface area contributed by atoms with E-state index in [0.29, 0.717) is 6.54 Å². The highest BCUT2D eigenvalue weighted by molar-refractivity contribution is 5.95. The molecule has 5 N–H and O–H groups in total. The number of phenolic OH excluding ortho intramolecular Hbond substituents is 2. The Balaban J connectivity index is 1.72. The van der Waals surface area contributed by atoms with Gasteiger partial charge in [0.05, 0.1) is 12.1 Å². The number of carbonyl (C=O) groups excluding carboxylic acids is 1. The van der Waals surface area contributed by atoms with E-state index in [0.717, 1.165) is 36.2 Å². The van der Waals surface area contributed by atoms with Gasteiger partial charge in [-0.05, 0) is 59.9 Å². The molecule has 34 heavy (non-hydrogen) atoms. The van der Waals surface area contributed by atoms with Gasteiger partial charge in [0.25, 0.3) is 5.91 Å². The summed E-state index contributed by atoms with van der Waals surface area (Å²) in [6.45, 7) is 2.67. The van der Waals surface area contributed by atoms with Crippen LogP contribution in [0, 0.1) is 11.6 Å². The summed E-state index contributed by atoms with van der Waals surface area (Å²) in [5, 5.41) is 35.8. The van der Waals surface area contributed by atoms with Crippen LogP contribution in [0.2, 0.25) is 0 Å². The maximum absolute atomic E-state index is 13.7. The molecule has 0 aliphatic heterocycles. The second-order valence-electron chi connectivity index (χ2n) is 8.14. The Morgan fingerprint density at radius 3 is 2.29 bits per heavy atom. The first-order valence-electron chi connectivity index (χ1n) is 11.0. The number of benzene rings is 3. The Labute approximate surface area is 196 Å². The lowest BCUT2D eigenvalue weighted by molar-refractivity contribution is 0.0829. The molecule has 3 aromatic rings. The molecular weight excluding hydrogens is 442 g/mol. The van der Waals surface area contributed by atoms with Gasteiger partial charge in [-0.2, -0.15) is 0 Å². The molecule has 2 atom stereocenters. The van der Waals surface area contributed by atoms with Crippen molar-refractivity contribution in [1.29, 1.82) is 0 Å². The van der Waals surface area contributed by atoms with Gasteiger partial charge in [-0.3, -0.25) is 4.79 Å². The van der Waals surface area contributed by atoms with E-state index in [1.807, 2.05) is 18.2 Å². The molecule has 0 aliphatic rings. The Kier molecular flexibility index (Phi) is 8.56. The van der Waals surface area contributed by atoms with Crippen molar-refractivity contribution in [2.24, 2.45) is 0 Å². The molecule has 3 aromatic carbocycles. The van der Waals surface area contributed by atoms with Crippen molar-refractivity contribution in [3.05, 3.63) is 94.6 Å². The number of aromatic hydroxyl groups is 2. The van der Waals surface area contributed by atoms with E-state index >= 15 is 0 Å². The highest BCUT2D eigenvalue weighted by Crippen LogP contribution is 2.25. The van der Waals surface area contributed by atoms with E-state index in [1.165, 1.54) is 17.7 Å². The van der Waals surface area contributed by atoms with Gasteiger partial charge in [0, 0.05) is 24.7 Å². The van der Waals surface area contributed by atoms with Crippen molar-refractivity contribution in [3.63, 3.8) is 0 Å². The number of hydrogen-bond donors (Lipinski definition) is 5. The van der Waals surface area contributed by atoms with Crippen LogP contribution in [-0.4, -0.2) is 39.9 Å². The summed E-state index contributed by atoms with van der Waals surface area (Å²) in [4.78, 5) is 12.7. The fourth-order valence-corrected chi connectivity index (χ4v) is 3.65. The number of hydrogen-bond acceptors (Lipinski definition) is 5. The normalized spacial score (nSPS) is 12.8. The molecule has 0 aromatic heterocycles. The molecule has 0 heterocycles. The molecule has 1 amide bonds. The summed E-state index contributed by atoms with van der Waals surface area (Å²) < 4.78 is 27.4. The van der Waals surface area contributed by atoms with Gasteiger partial charge in [0.15, 0.2) is 11.5 Å². The van der Waals surface area contributed by atoms with Crippen molar-refractivity contribution in [2.45, 2.75) is 38.5 Å². The van der Waals surface area contributed by atoms with Crippen molar-refractivity contribution < 1.29 is 28.9 Å². The van der Waals surface area contributed by atoms with E-state index in [-0.39, 0.29) is 29.8 Å². The maximum Gasteiger partial charge on any atom is 0.251 e. The number of phenols is 2. The quantitative estimate of drug-likeness (QED) is 0.292. The zero-order valence-electron chi connectivity index (χ0n) is 18.8. The van der Waals surface area contributed by atoms with Crippen LogP contribution in [0.5, 0.6) is 11.5 Å². The van der Waals surface area contributed by atoms with Gasteiger partial charge in [0.1, 0.15) is 11.6 Å². The van der Waals surface area contributed by atoms with E-state index in [4.69, 9.17) is 0 Å². The first-order valence-corrected chi connectivity index (χ1v) is 11.0. The van der Waals surface area contributed by atoms with Gasteiger partial charge < -0.3 is 26.0 Å². The maximum atomic E-state index is 13.7. The monoisotopic (exact) mass is 470 g/mol. The average Bonchev–Trinajstić information content (AvgIpc) is 2.79. The molecule has 6 nitrogen and oxygen atoms in total. The number of aliphatic hydroxyl groups is 1. The van der Waals surface area contributed by atoms with Gasteiger partial charge in [-0.1, -0.05) is 31.2 Å². The minimum Gasteiger partial charge on any atom is -0.504 e. The molecule has 0 unspecified atom stereocenters. The Hall–Kier alpha value is -3.49. The zero-order valence-corrected chi connectivity index (χ0v) is 18.8. The van der Waals surface area contributed by atoms with Crippen LogP contribution >= 0.6 is 0 Å². The lowest BCUT2D eigenvalue weighted by Crippen LogP contribution is -2.48. The molecule has 180 valence electrons. The minimum atomic E-state index is -1.09. The van der Waals surface area contributed by atoms with Crippen LogP contribution in [0.15, 0.2) is 60.7 Å². The van der Waals surface area contributed by atoms with Gasteiger partial charge >= 0.3 is 0 Å². The summed E-state index contributed by atoms with van der Waals surface area (Å²) >= 11 is 0. The molecule has 0 saturated heterocycles. The first kappa shape index (κ1) is 25.1. The standard InChI is InChI=1S/C26H28F2N2O4/c1-2-16-4-3-5-17(8-16)14-29-15-25(33)22(11-18-9-20(27)13-21(28)10-18)30-26(34)19-6-7-23(31)24(32)12-19/h3-10,12-13,22,25,29,31-33H,2,11,14-15H2,1H3,(H,30,34)/t22-,25+/m0/s1. The third kappa shape index (κ3) is 7.00. The van der Waals surface area contributed by atoms with Gasteiger partial charge in [-0.15, -0.1) is 0 Å². The SMILES string of the molecule is CCc1cccc(CNC[C@@H](O)[C@H](Cc2cc(F)cc(F)c2)NC(=O)c2ccc(O)c(O)c2)c1. The zero-order chi connectivity index (χ0) is 24.7. The van der Waals surface area contributed by atoms with Gasteiger partial charge in [0.2, 0.25) is 0 Å². The van der Waals surface area contributed by atoms with Crippen LogP contribution in [0.1, 0.15) is 34.0 Å². The summed E-state index contributed by atoms with van der Waals surface area (Å²) in [6.07, 6.45) is -0.212. The first-order chi connectivity index (χ1) is 16.2. The number of aliphatic hydroxyl groups excluding tert-OH is 1. The fourth-order valence-electron chi connectivity index (χ4n) is 3.65. The molecule has 0 spiro atoms. The summed E-state index contributed by atoms with van der Waals surface area (Å²) in [5.74, 6) is -2.97. The lowest BCUT2D eigenvalue weighted by Gasteiger charge is -2.25. The third-order valence-electron chi connectivity index (χ3n) is 5.48. The van der Waals surface area contributed by atoms with Crippen LogP contribution < -0.4 is 10.6 Å². The fraction of sp³-hybridized carbons (Fsp3) is 0.269. The van der Waals surface area contributed by atoms with E-state index in [9.17, 15) is 28.9 Å². The Morgan fingerprint density at radius 1 is 0.912 bits per heavy atom. The van der Waals surface area contributed by atoms with E-state index in [1.54, 1.807) is 0 Å². The smallest absolute Gasteiger partial charge is 0.251 e. The van der Waals surface area contributed by atoms with Crippen molar-refractivity contribution in [2.75, 3.05) is 6.54 Å². The van der Waals surface area contributed by atoms with Crippen LogP contribution in [0.25, 0.3) is 0 Å². The largest absolute Gasteiger partial charge is 0.504 e. The lowest BCUT2D eigenvalue weighted by atomic mass is 10.00. The molecule has 8 heteroatoms. The third-order valence-corrected chi connectivity index (χ3v) is 5.48. The predicted octanol–water partition coefficient (Wildman–Crippen LogP) is 3.43. The Morgan fingerprint density at radius 2 is 1.62 bits per heavy atom. The van der Waals surface area contributed by atoms with Gasteiger partial charge in [-0.25, -0.2) is 8.78 Å². The topological polar surface area (TPSA) is 102 Å². The molecule has 3 rings (SSSR count). The number of aryl methyl sites for hydroxylation is 1. The molecule has 0 aliphatic carbocycles. The van der Waals surface area contributed by atoms with E-state index in [2.05, 4.69) is 23.6 Å². The van der Waals surface area contributed by atoms with Crippen LogP contribution in [0.4, 0.5) is 8.78 Å². The van der Waals surface area contributed by atoms with Crippen molar-refractivity contribution >= 4 is 5.91 Å². The van der Waals surface area contributed by atoms with E-state index < -0.39 is 35.4 Å². The number of halogens is 2. The Bertz CT molecular complexity index is 1120. The predicted molar refractivity (Wildman–Crippen MR) is 125 cm³/mol. The molecule has 0 bridgehead atoms. The van der Waals surface area contributed by atoms with Crippen LogP contribution in [-0.2, 0) is 19.4 Å². The molecular formula is C26H28F2N2O4. The van der Waals surface area contributed by atoms with Crippen LogP contribution in [0.3, 0.4) is 0 Å². The number of amides is 1. The number of rotatable bonds is 10.